The molecule has 1 atom stereocenters. The molecule has 2 aromatic rings. The fraction of sp³-hybridized carbons (Fsp3) is 0.737. The molecule has 0 aliphatic carbocycles. The first-order valence-electron chi connectivity index (χ1n) is 9.68. The van der Waals surface area contributed by atoms with E-state index in [0.717, 1.165) is 18.5 Å². The summed E-state index contributed by atoms with van der Waals surface area (Å²) in [5.74, 6) is 0. The Bertz CT molecular complexity index is 646. The predicted molar refractivity (Wildman–Crippen MR) is 99.3 cm³/mol. The molecule has 0 aliphatic heterocycles. The molecule has 0 aromatic carbocycles. The smallest absolute Gasteiger partial charge is 0.278 e. The number of unbranched alkanes of at least 4 members (excludes halogenated alkanes) is 7. The molecular formula is C19H32N4O. The Morgan fingerprint density at radius 1 is 0.958 bits per heavy atom. The van der Waals surface area contributed by atoms with Gasteiger partial charge < -0.3 is 9.55 Å². The predicted octanol–water partition coefficient (Wildman–Crippen LogP) is 4.99. The number of imidazole rings is 1. The van der Waals surface area contributed by atoms with Gasteiger partial charge in [0.05, 0.1) is 12.7 Å². The van der Waals surface area contributed by atoms with Gasteiger partial charge in [0, 0.05) is 6.04 Å². The summed E-state index contributed by atoms with van der Waals surface area (Å²) in [6.45, 7) is 4.49. The van der Waals surface area contributed by atoms with Crippen LogP contribution in [0.15, 0.2) is 17.4 Å². The number of hydrogen-bond donors (Lipinski definition) is 1. The second-order valence-electron chi connectivity index (χ2n) is 6.76. The minimum atomic E-state index is -0.147. The molecule has 5 nitrogen and oxygen atoms in total. The van der Waals surface area contributed by atoms with Gasteiger partial charge in [0.1, 0.15) is 0 Å². The van der Waals surface area contributed by atoms with Gasteiger partial charge in [0.25, 0.3) is 5.56 Å². The molecular weight excluding hydrogens is 300 g/mol. The maximum Gasteiger partial charge on any atom is 0.278 e. The molecule has 0 spiro atoms. The number of nitrogens with one attached hydrogen (secondary N) is 1. The van der Waals surface area contributed by atoms with Crippen LogP contribution in [0.1, 0.15) is 90.5 Å². The molecule has 2 aromatic heterocycles. The molecule has 0 saturated heterocycles. The molecule has 2 heterocycles. The molecule has 0 bridgehead atoms. The highest BCUT2D eigenvalue weighted by Gasteiger charge is 2.16. The maximum atomic E-state index is 11.9. The van der Waals surface area contributed by atoms with Gasteiger partial charge in [-0.05, 0) is 12.8 Å². The summed E-state index contributed by atoms with van der Waals surface area (Å²) >= 11 is 0. The van der Waals surface area contributed by atoms with Crippen LogP contribution >= 0.6 is 0 Å². The lowest BCUT2D eigenvalue weighted by molar-refractivity contribution is 0.401. The van der Waals surface area contributed by atoms with Crippen LogP contribution in [-0.4, -0.2) is 19.5 Å². The third-order valence-corrected chi connectivity index (χ3v) is 4.79. The van der Waals surface area contributed by atoms with Crippen LogP contribution in [0.2, 0.25) is 0 Å². The molecule has 0 saturated carbocycles. The van der Waals surface area contributed by atoms with Crippen LogP contribution < -0.4 is 5.56 Å². The molecule has 0 amide bonds. The SMILES string of the molecule is CCCCCCCC(CCCCCC)n1cnc2c(=O)[nH]cnc21. The van der Waals surface area contributed by atoms with Crippen molar-refractivity contribution in [2.24, 2.45) is 0 Å². The summed E-state index contributed by atoms with van der Waals surface area (Å²) in [5, 5.41) is 0. The van der Waals surface area contributed by atoms with E-state index in [-0.39, 0.29) is 5.56 Å². The zero-order valence-corrected chi connectivity index (χ0v) is 15.3. The number of hydrogen-bond acceptors (Lipinski definition) is 3. The van der Waals surface area contributed by atoms with Gasteiger partial charge in [-0.2, -0.15) is 0 Å². The molecule has 0 radical (unpaired) electrons. The summed E-state index contributed by atoms with van der Waals surface area (Å²) in [6, 6.07) is 0.405. The Morgan fingerprint density at radius 2 is 1.58 bits per heavy atom. The number of aromatic nitrogens is 4. The van der Waals surface area contributed by atoms with Crippen molar-refractivity contribution in [2.45, 2.75) is 90.5 Å². The van der Waals surface area contributed by atoms with Crippen LogP contribution in [-0.2, 0) is 0 Å². The summed E-state index contributed by atoms with van der Waals surface area (Å²) < 4.78 is 2.14. The van der Waals surface area contributed by atoms with Crippen molar-refractivity contribution in [3.63, 3.8) is 0 Å². The molecule has 1 N–H and O–H groups in total. The van der Waals surface area contributed by atoms with Gasteiger partial charge in [-0.15, -0.1) is 0 Å². The molecule has 0 aliphatic rings. The third kappa shape index (κ3) is 5.18. The van der Waals surface area contributed by atoms with Gasteiger partial charge in [0.2, 0.25) is 0 Å². The van der Waals surface area contributed by atoms with E-state index in [0.29, 0.717) is 11.6 Å². The first-order valence-corrected chi connectivity index (χ1v) is 9.68. The van der Waals surface area contributed by atoms with E-state index in [4.69, 9.17) is 0 Å². The number of H-pyrrole nitrogens is 1. The lowest BCUT2D eigenvalue weighted by atomic mass is 10.0. The first kappa shape index (κ1) is 18.7. The first-order chi connectivity index (χ1) is 11.8. The van der Waals surface area contributed by atoms with Gasteiger partial charge in [-0.25, -0.2) is 9.97 Å². The van der Waals surface area contributed by atoms with Crippen molar-refractivity contribution in [1.82, 2.24) is 19.5 Å². The molecule has 2 rings (SSSR count). The fourth-order valence-electron chi connectivity index (χ4n) is 3.34. The van der Waals surface area contributed by atoms with E-state index in [1.165, 1.54) is 64.1 Å². The Balaban J connectivity index is 2.05. The van der Waals surface area contributed by atoms with Crippen LogP contribution in [0.3, 0.4) is 0 Å². The summed E-state index contributed by atoms with van der Waals surface area (Å²) in [4.78, 5) is 23.2. The number of rotatable bonds is 12. The largest absolute Gasteiger partial charge is 0.312 e. The van der Waals surface area contributed by atoms with Gasteiger partial charge in [-0.1, -0.05) is 71.6 Å². The topological polar surface area (TPSA) is 63.6 Å². The van der Waals surface area contributed by atoms with Crippen molar-refractivity contribution < 1.29 is 0 Å². The standard InChI is InChI=1S/C19H32N4O/c1-3-5-7-9-11-13-16(12-10-8-6-4-2)23-15-22-17-18(23)20-14-21-19(17)24/h14-16H,3-13H2,1-2H3,(H,20,21,24). The molecule has 134 valence electrons. The normalized spacial score (nSPS) is 12.8. The highest BCUT2D eigenvalue weighted by molar-refractivity contribution is 5.68. The molecule has 24 heavy (non-hydrogen) atoms. The van der Waals surface area contributed by atoms with E-state index < -0.39 is 0 Å². The summed E-state index contributed by atoms with van der Waals surface area (Å²) in [6.07, 6.45) is 17.1. The van der Waals surface area contributed by atoms with Gasteiger partial charge in [0.15, 0.2) is 11.2 Å². The van der Waals surface area contributed by atoms with Crippen LogP contribution in [0.4, 0.5) is 0 Å². The van der Waals surface area contributed by atoms with E-state index in [9.17, 15) is 4.79 Å². The van der Waals surface area contributed by atoms with Gasteiger partial charge >= 0.3 is 0 Å². The lowest BCUT2D eigenvalue weighted by Gasteiger charge is -2.19. The highest BCUT2D eigenvalue weighted by Crippen LogP contribution is 2.25. The Hall–Kier alpha value is -1.65. The van der Waals surface area contributed by atoms with Crippen LogP contribution in [0, 0.1) is 0 Å². The van der Waals surface area contributed by atoms with Crippen molar-refractivity contribution in [1.29, 1.82) is 0 Å². The quantitative estimate of drug-likeness (QED) is 0.557. The highest BCUT2D eigenvalue weighted by atomic mass is 16.1. The second-order valence-corrected chi connectivity index (χ2v) is 6.76. The Morgan fingerprint density at radius 3 is 2.25 bits per heavy atom. The number of fused-ring (bicyclic) bond motifs is 1. The average molecular weight is 332 g/mol. The summed E-state index contributed by atoms with van der Waals surface area (Å²) in [5.41, 5.74) is 1.04. The molecule has 1 unspecified atom stereocenters. The zero-order valence-electron chi connectivity index (χ0n) is 15.3. The Kier molecular flexibility index (Phi) is 7.99. The van der Waals surface area contributed by atoms with Crippen LogP contribution in [0.5, 0.6) is 0 Å². The third-order valence-electron chi connectivity index (χ3n) is 4.79. The van der Waals surface area contributed by atoms with E-state index >= 15 is 0 Å². The monoisotopic (exact) mass is 332 g/mol. The van der Waals surface area contributed by atoms with Crippen molar-refractivity contribution in [3.05, 3.63) is 23.0 Å². The van der Waals surface area contributed by atoms with Crippen molar-refractivity contribution in [3.8, 4) is 0 Å². The van der Waals surface area contributed by atoms with Crippen LogP contribution in [0.25, 0.3) is 11.2 Å². The summed E-state index contributed by atoms with van der Waals surface area (Å²) in [7, 11) is 0. The second kappa shape index (κ2) is 10.3. The van der Waals surface area contributed by atoms with E-state index in [2.05, 4.69) is 33.4 Å². The average Bonchev–Trinajstić information content (AvgIpc) is 3.02. The zero-order chi connectivity index (χ0) is 17.2. The van der Waals surface area contributed by atoms with Crippen molar-refractivity contribution >= 4 is 11.2 Å². The number of aromatic amines is 1. The maximum absolute atomic E-state index is 11.9. The molecule has 0 fully saturated rings. The van der Waals surface area contributed by atoms with Crippen molar-refractivity contribution in [2.75, 3.05) is 0 Å². The van der Waals surface area contributed by atoms with E-state index in [1.807, 2.05) is 6.33 Å². The minimum Gasteiger partial charge on any atom is -0.312 e. The Labute approximate surface area is 144 Å². The fourth-order valence-corrected chi connectivity index (χ4v) is 3.34. The molecule has 5 heteroatoms. The lowest BCUT2D eigenvalue weighted by Crippen LogP contribution is -2.12. The minimum absolute atomic E-state index is 0.147. The van der Waals surface area contributed by atoms with Gasteiger partial charge in [-0.3, -0.25) is 4.79 Å². The number of nitrogens with zero attached hydrogens (tertiary/aromatic N) is 3. The van der Waals surface area contributed by atoms with E-state index in [1.54, 1.807) is 0 Å².